The molecule has 1 aliphatic heterocycles. The third kappa shape index (κ3) is 6.80. The maximum absolute atomic E-state index is 11.6. The Morgan fingerprint density at radius 2 is 1.07 bits per heavy atom. The first kappa shape index (κ1) is 23.3. The highest BCUT2D eigenvalue weighted by atomic mass is 16.7. The zero-order valence-corrected chi connectivity index (χ0v) is 16.5. The third-order valence-corrected chi connectivity index (χ3v) is 3.53. The first-order valence-electron chi connectivity index (χ1n) is 8.44. The fraction of sp³-hybridized carbons (Fsp3) is 0.706. The van der Waals surface area contributed by atoms with Crippen molar-refractivity contribution in [2.45, 2.75) is 78.4 Å². The van der Waals surface area contributed by atoms with Gasteiger partial charge in [0.2, 0.25) is 12.4 Å². The van der Waals surface area contributed by atoms with Gasteiger partial charge >= 0.3 is 29.8 Å². The Bertz CT molecular complexity index is 629. The molecule has 28 heavy (non-hydrogen) atoms. The smallest absolute Gasteiger partial charge is 0.305 e. The summed E-state index contributed by atoms with van der Waals surface area (Å²) in [6, 6.07) is 0. The van der Waals surface area contributed by atoms with Gasteiger partial charge in [-0.25, -0.2) is 0 Å². The van der Waals surface area contributed by atoms with E-state index in [2.05, 4.69) is 0 Å². The largest absolute Gasteiger partial charge is 0.460 e. The Morgan fingerprint density at radius 3 is 1.50 bits per heavy atom. The number of carbonyl (C=O) groups is 5. The number of carbonyl (C=O) groups excluding carboxylic acids is 5. The Balaban J connectivity index is 3.39. The molecular formula is C17H24O11. The molecule has 11 nitrogen and oxygen atoms in total. The monoisotopic (exact) mass is 404 g/mol. The molecule has 1 rings (SSSR count). The number of rotatable bonds is 6. The van der Waals surface area contributed by atoms with Gasteiger partial charge in [-0.3, -0.25) is 24.0 Å². The second-order valence-electron chi connectivity index (χ2n) is 6.12. The first-order valence-corrected chi connectivity index (χ1v) is 8.44. The van der Waals surface area contributed by atoms with Gasteiger partial charge in [0, 0.05) is 34.6 Å². The van der Waals surface area contributed by atoms with Crippen LogP contribution in [-0.2, 0) is 52.4 Å². The predicted molar refractivity (Wildman–Crippen MR) is 88.3 cm³/mol. The summed E-state index contributed by atoms with van der Waals surface area (Å²) in [5.41, 5.74) is 0. The normalized spacial score (nSPS) is 27.7. The molecule has 0 aromatic rings. The second kappa shape index (κ2) is 10.0. The summed E-state index contributed by atoms with van der Waals surface area (Å²) in [4.78, 5) is 57.5. The number of esters is 5. The van der Waals surface area contributed by atoms with Crippen molar-refractivity contribution in [2.75, 3.05) is 0 Å². The summed E-state index contributed by atoms with van der Waals surface area (Å²) in [5.74, 6) is -3.72. The molecule has 0 spiro atoms. The van der Waals surface area contributed by atoms with E-state index in [1.54, 1.807) is 0 Å². The minimum absolute atomic E-state index is 0.646. The van der Waals surface area contributed by atoms with Gasteiger partial charge < -0.3 is 28.4 Å². The molecule has 1 heterocycles. The van der Waals surface area contributed by atoms with Crippen molar-refractivity contribution in [3.63, 3.8) is 0 Å². The summed E-state index contributed by atoms with van der Waals surface area (Å²) >= 11 is 0. The van der Waals surface area contributed by atoms with E-state index in [-0.39, 0.29) is 0 Å². The highest BCUT2D eigenvalue weighted by molar-refractivity contribution is 5.69. The molecule has 0 aromatic heterocycles. The molecule has 2 unspecified atom stereocenters. The van der Waals surface area contributed by atoms with Crippen molar-refractivity contribution in [3.8, 4) is 0 Å². The van der Waals surface area contributed by atoms with Crippen molar-refractivity contribution >= 4 is 29.8 Å². The van der Waals surface area contributed by atoms with Crippen LogP contribution < -0.4 is 0 Å². The van der Waals surface area contributed by atoms with E-state index in [0.29, 0.717) is 0 Å². The lowest BCUT2D eigenvalue weighted by molar-refractivity contribution is -0.307. The number of ether oxygens (including phenoxy) is 6. The molecule has 0 saturated carbocycles. The molecule has 6 atom stereocenters. The van der Waals surface area contributed by atoms with Crippen LogP contribution in [0.4, 0.5) is 0 Å². The van der Waals surface area contributed by atoms with Gasteiger partial charge in [0.25, 0.3) is 0 Å². The molecule has 1 fully saturated rings. The Hall–Kier alpha value is -2.69. The van der Waals surface area contributed by atoms with E-state index in [9.17, 15) is 24.0 Å². The van der Waals surface area contributed by atoms with Crippen molar-refractivity contribution in [3.05, 3.63) is 0 Å². The summed E-state index contributed by atoms with van der Waals surface area (Å²) in [5, 5.41) is 0. The van der Waals surface area contributed by atoms with Crippen molar-refractivity contribution < 1.29 is 52.4 Å². The zero-order valence-electron chi connectivity index (χ0n) is 16.5. The Labute approximate surface area is 161 Å². The standard InChI is InChI=1S/C17H24O11/c1-7(23-8(2)18)13-14(24-9(3)19)15(25-10(4)20)16(26-11(5)21)17(28-13)27-12(6)22/h7,13-17H,1-6H3/t7?,13-,14+,15+,16+,17?/m0/s1. The number of hydrogen-bond donors (Lipinski definition) is 0. The van der Waals surface area contributed by atoms with Gasteiger partial charge in [-0.1, -0.05) is 0 Å². The molecule has 0 aromatic carbocycles. The van der Waals surface area contributed by atoms with E-state index in [1.165, 1.54) is 6.92 Å². The lowest BCUT2D eigenvalue weighted by Crippen LogP contribution is -2.64. The minimum atomic E-state index is -1.50. The lowest BCUT2D eigenvalue weighted by Gasteiger charge is -2.45. The molecule has 0 radical (unpaired) electrons. The SMILES string of the molecule is CC(=O)OC1O[C@@H](C(C)OC(C)=O)[C@@H](OC(C)=O)[C@@H](OC(C)=O)[C@H]1OC(C)=O. The minimum Gasteiger partial charge on any atom is -0.460 e. The Kier molecular flexibility index (Phi) is 8.35. The van der Waals surface area contributed by atoms with Crippen LogP contribution >= 0.6 is 0 Å². The number of hydrogen-bond acceptors (Lipinski definition) is 11. The van der Waals surface area contributed by atoms with Crippen LogP contribution in [0.5, 0.6) is 0 Å². The van der Waals surface area contributed by atoms with E-state index < -0.39 is 66.7 Å². The van der Waals surface area contributed by atoms with Crippen LogP contribution in [0.25, 0.3) is 0 Å². The van der Waals surface area contributed by atoms with Gasteiger partial charge in [0.1, 0.15) is 12.2 Å². The maximum atomic E-state index is 11.6. The molecule has 0 N–H and O–H groups in total. The van der Waals surface area contributed by atoms with E-state index >= 15 is 0 Å². The first-order chi connectivity index (χ1) is 12.9. The third-order valence-electron chi connectivity index (χ3n) is 3.53. The van der Waals surface area contributed by atoms with Crippen LogP contribution in [0.3, 0.4) is 0 Å². The fourth-order valence-electron chi connectivity index (χ4n) is 2.77. The van der Waals surface area contributed by atoms with E-state index in [0.717, 1.165) is 34.6 Å². The van der Waals surface area contributed by atoms with Crippen LogP contribution in [-0.4, -0.2) is 66.7 Å². The predicted octanol–water partition coefficient (Wildman–Crippen LogP) is 0.0211. The van der Waals surface area contributed by atoms with Gasteiger partial charge in [-0.15, -0.1) is 0 Å². The van der Waals surface area contributed by atoms with E-state index in [4.69, 9.17) is 28.4 Å². The average molecular weight is 404 g/mol. The van der Waals surface area contributed by atoms with Crippen LogP contribution in [0.1, 0.15) is 41.5 Å². The molecule has 158 valence electrons. The highest BCUT2D eigenvalue weighted by Gasteiger charge is 2.55. The van der Waals surface area contributed by atoms with Crippen molar-refractivity contribution in [1.82, 2.24) is 0 Å². The van der Waals surface area contributed by atoms with Crippen LogP contribution in [0.2, 0.25) is 0 Å². The Morgan fingerprint density at radius 1 is 0.643 bits per heavy atom. The molecule has 0 aliphatic carbocycles. The fourth-order valence-corrected chi connectivity index (χ4v) is 2.77. The molecule has 1 aliphatic rings. The van der Waals surface area contributed by atoms with Crippen LogP contribution in [0.15, 0.2) is 0 Å². The molecule has 1 saturated heterocycles. The summed E-state index contributed by atoms with van der Waals surface area (Å²) < 4.78 is 31.3. The topological polar surface area (TPSA) is 141 Å². The average Bonchev–Trinajstić information content (AvgIpc) is 2.50. The van der Waals surface area contributed by atoms with Crippen molar-refractivity contribution in [1.29, 1.82) is 0 Å². The quantitative estimate of drug-likeness (QED) is 0.437. The highest BCUT2D eigenvalue weighted by Crippen LogP contribution is 2.31. The molecule has 0 bridgehead atoms. The zero-order chi connectivity index (χ0) is 21.6. The summed E-state index contributed by atoms with van der Waals surface area (Å²) in [6.45, 7) is 6.99. The van der Waals surface area contributed by atoms with Gasteiger partial charge in [-0.2, -0.15) is 0 Å². The van der Waals surface area contributed by atoms with Crippen molar-refractivity contribution in [2.24, 2.45) is 0 Å². The van der Waals surface area contributed by atoms with Gasteiger partial charge in [0.05, 0.1) is 0 Å². The maximum Gasteiger partial charge on any atom is 0.305 e. The van der Waals surface area contributed by atoms with Gasteiger partial charge in [-0.05, 0) is 6.92 Å². The summed E-state index contributed by atoms with van der Waals surface area (Å²) in [6.07, 6.45) is -7.79. The van der Waals surface area contributed by atoms with Crippen LogP contribution in [0, 0.1) is 0 Å². The molecular weight excluding hydrogens is 380 g/mol. The lowest BCUT2D eigenvalue weighted by atomic mass is 9.95. The second-order valence-corrected chi connectivity index (χ2v) is 6.12. The summed E-state index contributed by atoms with van der Waals surface area (Å²) in [7, 11) is 0. The molecule has 11 heteroatoms. The van der Waals surface area contributed by atoms with Gasteiger partial charge in [0.15, 0.2) is 12.2 Å². The molecule has 0 amide bonds. The van der Waals surface area contributed by atoms with E-state index in [1.807, 2.05) is 0 Å².